The quantitative estimate of drug-likeness (QED) is 0.0353. The fourth-order valence-corrected chi connectivity index (χ4v) is 18.7. The van der Waals surface area contributed by atoms with Gasteiger partial charge in [0, 0.05) is 89.7 Å². The molecule has 0 aromatic carbocycles. The van der Waals surface area contributed by atoms with Crippen molar-refractivity contribution in [3.8, 4) is 0 Å². The van der Waals surface area contributed by atoms with Gasteiger partial charge in [-0.15, -0.1) is 22.7 Å². The maximum atomic E-state index is 13.4. The highest BCUT2D eigenvalue weighted by atomic mass is 32.3. The molecular formula is C68H104N6O37S6. The number of methoxy groups -OCH3 is 2. The van der Waals surface area contributed by atoms with Crippen molar-refractivity contribution in [2.45, 2.75) is 251 Å². The zero-order valence-electron chi connectivity index (χ0n) is 67.7. The number of carbonyl (C=O) groups excluding carboxylic acids is 13. The van der Waals surface area contributed by atoms with E-state index in [0.29, 0.717) is 86.8 Å². The summed E-state index contributed by atoms with van der Waals surface area (Å²) in [6, 6.07) is 1.74. The Kier molecular flexibility index (Phi) is 43.4. The van der Waals surface area contributed by atoms with Gasteiger partial charge in [0.25, 0.3) is 36.0 Å². The normalized spacial score (nSPS) is 17.9. The number of carboxylic acids is 1. The lowest BCUT2D eigenvalue weighted by Crippen LogP contribution is -2.43. The van der Waals surface area contributed by atoms with E-state index in [0.717, 1.165) is 62.3 Å². The molecule has 664 valence electrons. The second kappa shape index (κ2) is 48.5. The Morgan fingerprint density at radius 3 is 0.949 bits per heavy atom. The van der Waals surface area contributed by atoms with Gasteiger partial charge in [0.2, 0.25) is 10.0 Å². The maximum Gasteiger partial charge on any atom is 0.347 e. The predicted octanol–water partition coefficient (Wildman–Crippen LogP) is 1.18. The molecule has 4 rings (SSSR count). The molecule has 2 aliphatic heterocycles. The molecular weight excluding hydrogens is 1690 g/mol. The Labute approximate surface area is 685 Å². The number of amides is 1. The maximum absolute atomic E-state index is 13.4. The third-order valence-corrected chi connectivity index (χ3v) is 26.1. The zero-order valence-corrected chi connectivity index (χ0v) is 72.6. The fraction of sp³-hybridized carbons (Fsp3) is 0.676. The van der Waals surface area contributed by atoms with Crippen molar-refractivity contribution in [2.24, 2.45) is 5.14 Å². The number of hydrogen-bond acceptors (Lipinski definition) is 40. The van der Waals surface area contributed by atoms with Crippen molar-refractivity contribution < 1.29 is 172 Å². The van der Waals surface area contributed by atoms with E-state index >= 15 is 0 Å². The minimum Gasteiger partial charge on any atom is -0.479 e. The monoisotopic (exact) mass is 1790 g/mol. The highest BCUT2D eigenvalue weighted by molar-refractivity contribution is 7.94. The van der Waals surface area contributed by atoms with E-state index in [1.54, 1.807) is 32.6 Å². The second-order valence-electron chi connectivity index (χ2n) is 25.7. The van der Waals surface area contributed by atoms with Crippen LogP contribution in [0.3, 0.4) is 0 Å². The molecule has 1 amide bonds. The van der Waals surface area contributed by atoms with Crippen LogP contribution in [0.25, 0.3) is 0 Å². The summed E-state index contributed by atoms with van der Waals surface area (Å²) in [5.74, 6) is -15.5. The summed E-state index contributed by atoms with van der Waals surface area (Å²) in [5.41, 5.74) is 0.698. The van der Waals surface area contributed by atoms with Gasteiger partial charge in [0.15, 0.2) is 73.2 Å². The van der Waals surface area contributed by atoms with Crippen molar-refractivity contribution >= 4 is 146 Å². The summed E-state index contributed by atoms with van der Waals surface area (Å²) in [5, 5.41) is 20.2. The first-order valence-electron chi connectivity index (χ1n) is 36.3. The largest absolute Gasteiger partial charge is 0.479 e. The van der Waals surface area contributed by atoms with Crippen LogP contribution in [-0.4, -0.2) is 271 Å². The number of carboxylic acid groups (broad SMARTS) is 1. The molecule has 2 aromatic heterocycles. The summed E-state index contributed by atoms with van der Waals surface area (Å²) < 4.78 is 174. The van der Waals surface area contributed by atoms with Crippen LogP contribution in [0.5, 0.6) is 0 Å². The van der Waals surface area contributed by atoms with E-state index in [1.807, 2.05) is 6.92 Å². The van der Waals surface area contributed by atoms with Crippen LogP contribution in [0.1, 0.15) is 173 Å². The smallest absolute Gasteiger partial charge is 0.347 e. The van der Waals surface area contributed by atoms with Crippen molar-refractivity contribution in [1.82, 2.24) is 24.0 Å². The van der Waals surface area contributed by atoms with E-state index in [1.165, 1.54) is 48.6 Å². The Hall–Kier alpha value is -8.50. The Bertz CT molecular complexity index is 4280. The van der Waals surface area contributed by atoms with E-state index < -0.39 is 207 Å². The molecule has 0 radical (unpaired) electrons. The summed E-state index contributed by atoms with van der Waals surface area (Å²) >= 11 is 1.17. The lowest BCUT2D eigenvalue weighted by Gasteiger charge is -2.32. The van der Waals surface area contributed by atoms with Crippen LogP contribution >= 0.6 is 22.7 Å². The number of thiophene rings is 2. The number of nitrogens with zero attached hydrogens (tertiary/aromatic N) is 2. The number of nitrogens with two attached hydrogens (primary N) is 1. The Balaban J connectivity index is 0.000000664. The average molecular weight is 1790 g/mol. The molecule has 14 atom stereocenters. The van der Waals surface area contributed by atoms with E-state index in [9.17, 15) is 101 Å². The SMILES string of the molecule is CCCC(=O)O[C@@H](C)C(=O)O[C@@H](C)C(=O)O[C@@H](C)C(=O)O[C@@H](C)C(=O)O[C@@H](C)C(=O)O[C@@H](C)C(=O)NS(=O)(=O)c1cc2c(s1)S(=O)(=O)N(CCCOC)C[C@@H]2NCC.CCCC(=O)O[C@@H](C)C(=O)O[C@H](C)C(=O)O[C@H](C)C(=O)O[C@H](C)C(=O)O[C@H](C)C(=O)O[C@H](C)C(=O)O.CCN[C@H]1CN(CCCOC)S(=O)(=O)c2sc(S(N)(=O)=O)cc21. The van der Waals surface area contributed by atoms with Gasteiger partial charge < -0.3 is 82.1 Å². The van der Waals surface area contributed by atoms with E-state index in [-0.39, 0.29) is 56.7 Å². The lowest BCUT2D eigenvalue weighted by atomic mass is 10.1. The first kappa shape index (κ1) is 105. The summed E-state index contributed by atoms with van der Waals surface area (Å²) in [4.78, 5) is 169. The molecule has 2 aliphatic rings. The molecule has 0 bridgehead atoms. The third kappa shape index (κ3) is 33.0. The van der Waals surface area contributed by atoms with Gasteiger partial charge >= 0.3 is 77.6 Å². The lowest BCUT2D eigenvalue weighted by molar-refractivity contribution is -0.187. The standard InChI is InChI=1S/C34H51N3O18S3.C22H32O14.C12H21N3O5S3/c1-10-13-26(38)50-19(4)29(40)52-21(6)31(42)54-23(8)33(44)55-22(7)32(43)53-20(5)30(41)51-18(3)28(39)36-57(45,46)27-16-24-25(35-11-2)17-37(14-12-15-49-9)58(47,48)34(24)56-27;1-8-9-16(23)31-11(3)18(26)33-13(5)20(28)35-15(7)22(30)36-14(6)21(29)34-12(4)19(27)32-10(2)17(24)25;1-3-14-10-8-15(5-4-6-20-2)23(18,19)12-9(10)7-11(21-12)22(13,16)17/h16,18-23,25,35H,10-15,17H2,1-9H3,(H,36,39);10-15H,8-9H2,1-7H3,(H,24,25);7,10,14H,3-6,8H2,1-2H3,(H2,13,16,17)/t18-,19-,20-,21-,22-,23-,25-;10-,11+,12-,13-,14-,15-;10-/m010/s1. The number of esters is 12. The number of rotatable bonds is 43. The molecule has 117 heavy (non-hydrogen) atoms. The molecule has 0 spiro atoms. The molecule has 6 N–H and O–H groups in total. The number of ether oxygens (including phenoxy) is 14. The van der Waals surface area contributed by atoms with Crippen molar-refractivity contribution in [2.75, 3.05) is 66.7 Å². The highest BCUT2D eigenvalue weighted by Crippen LogP contribution is 2.42. The molecule has 4 heterocycles. The van der Waals surface area contributed by atoms with Gasteiger partial charge in [-0.2, -0.15) is 8.61 Å². The first-order valence-corrected chi connectivity index (χ1v) is 43.8. The number of aliphatic carboxylic acids is 1. The molecule has 0 saturated carbocycles. The minimum atomic E-state index is -4.66. The molecule has 0 aliphatic carbocycles. The van der Waals surface area contributed by atoms with Gasteiger partial charge in [-0.25, -0.2) is 96.3 Å². The van der Waals surface area contributed by atoms with Gasteiger partial charge in [0.1, 0.15) is 16.8 Å². The Morgan fingerprint density at radius 1 is 0.436 bits per heavy atom. The number of sulfonamides is 4. The third-order valence-electron chi connectivity index (χ3n) is 15.8. The Morgan fingerprint density at radius 2 is 0.692 bits per heavy atom. The molecule has 43 nitrogen and oxygen atoms in total. The zero-order chi connectivity index (χ0) is 89.5. The van der Waals surface area contributed by atoms with Crippen LogP contribution in [0.4, 0.5) is 0 Å². The summed E-state index contributed by atoms with van der Waals surface area (Å²) in [6.45, 7) is 23.4. The average Bonchev–Trinajstić information content (AvgIpc) is 1.60. The van der Waals surface area contributed by atoms with Crippen LogP contribution in [0.15, 0.2) is 29.0 Å². The van der Waals surface area contributed by atoms with Crippen molar-refractivity contribution in [3.05, 3.63) is 23.3 Å². The van der Waals surface area contributed by atoms with Gasteiger partial charge in [-0.05, 0) is 134 Å². The van der Waals surface area contributed by atoms with Crippen LogP contribution < -0.4 is 20.5 Å². The number of fused-ring (bicyclic) bond motifs is 2. The first-order chi connectivity index (χ1) is 54.3. The van der Waals surface area contributed by atoms with Gasteiger partial charge in [0.05, 0.1) is 0 Å². The summed E-state index contributed by atoms with van der Waals surface area (Å²) in [7, 11) is -13.4. The molecule has 49 heteroatoms. The van der Waals surface area contributed by atoms with Crippen molar-refractivity contribution in [1.29, 1.82) is 0 Å². The molecule has 0 unspecified atom stereocenters. The fourth-order valence-electron chi connectivity index (χ4n) is 9.43. The molecule has 0 saturated heterocycles. The van der Waals surface area contributed by atoms with E-state index in [4.69, 9.17) is 71.8 Å². The molecule has 2 aromatic rings. The molecule has 0 fully saturated rings. The van der Waals surface area contributed by atoms with Gasteiger partial charge in [-0.3, -0.25) is 14.4 Å². The van der Waals surface area contributed by atoms with E-state index in [2.05, 4.69) is 15.4 Å². The van der Waals surface area contributed by atoms with Crippen LogP contribution in [0, 0.1) is 0 Å². The minimum absolute atomic E-state index is 0.0437. The highest BCUT2D eigenvalue weighted by Gasteiger charge is 2.43. The topological polar surface area (TPSA) is 594 Å². The number of carbonyl (C=O) groups is 14. The predicted molar refractivity (Wildman–Crippen MR) is 403 cm³/mol. The summed E-state index contributed by atoms with van der Waals surface area (Å²) in [6.07, 6.45) is -16.1. The second-order valence-corrected chi connectivity index (χ2v) is 35.7. The number of likely N-dealkylation sites (N-methyl/N-ethyl adjacent to an activating group) is 2. The number of primary sulfonamides is 1. The van der Waals surface area contributed by atoms with Crippen molar-refractivity contribution in [3.63, 3.8) is 0 Å². The number of hydrogen-bond donors (Lipinski definition) is 5. The van der Waals surface area contributed by atoms with Crippen LogP contribution in [0.2, 0.25) is 0 Å². The van der Waals surface area contributed by atoms with Crippen LogP contribution in [-0.2, 0) is 174 Å². The van der Waals surface area contributed by atoms with Gasteiger partial charge in [-0.1, -0.05) is 27.7 Å². The number of nitrogens with one attached hydrogen (secondary N) is 3.